The lowest BCUT2D eigenvalue weighted by Gasteiger charge is -2.36. The summed E-state index contributed by atoms with van der Waals surface area (Å²) in [7, 11) is 3.56. The first kappa shape index (κ1) is 13.8. The molecule has 0 aromatic heterocycles. The quantitative estimate of drug-likeness (QED) is 0.821. The number of carbonyl (C=O) groups excluding carboxylic acids is 1. The summed E-state index contributed by atoms with van der Waals surface area (Å²) >= 11 is 0. The maximum absolute atomic E-state index is 12.2. The van der Waals surface area contributed by atoms with E-state index in [-0.39, 0.29) is 17.7 Å². The van der Waals surface area contributed by atoms with Crippen molar-refractivity contribution < 1.29 is 9.90 Å². The van der Waals surface area contributed by atoms with Gasteiger partial charge >= 0.3 is 0 Å². The Kier molecular flexibility index (Phi) is 4.39. The lowest BCUT2D eigenvalue weighted by molar-refractivity contribution is -0.135. The molecule has 5 nitrogen and oxygen atoms in total. The molecule has 1 aromatic rings. The monoisotopic (exact) mass is 263 g/mol. The number of likely N-dealkylation sites (N-methyl/N-ethyl adjacent to an activating group) is 1. The summed E-state index contributed by atoms with van der Waals surface area (Å²) in [6.07, 6.45) is 0. The van der Waals surface area contributed by atoms with E-state index >= 15 is 0 Å². The van der Waals surface area contributed by atoms with Gasteiger partial charge < -0.3 is 15.3 Å². The van der Waals surface area contributed by atoms with Crippen molar-refractivity contribution in [2.75, 3.05) is 33.7 Å². The molecule has 1 amide bonds. The van der Waals surface area contributed by atoms with Gasteiger partial charge in [0.1, 0.15) is 11.8 Å². The molecule has 1 unspecified atom stereocenters. The minimum atomic E-state index is -0.133. The summed E-state index contributed by atoms with van der Waals surface area (Å²) in [5.74, 6) is 0.385. The molecule has 0 spiro atoms. The standard InChI is InChI=1S/C14H21N3O2/c1-16(2)14(19)13-9-15-6-7-17(13)10-11-4-3-5-12(18)8-11/h3-5,8,13,15,18H,6-7,9-10H2,1-2H3. The Morgan fingerprint density at radius 2 is 2.32 bits per heavy atom. The number of benzene rings is 1. The molecule has 0 radical (unpaired) electrons. The molecule has 0 bridgehead atoms. The Morgan fingerprint density at radius 3 is 3.00 bits per heavy atom. The second-order valence-corrected chi connectivity index (χ2v) is 5.09. The molecule has 1 aromatic carbocycles. The molecule has 1 heterocycles. The van der Waals surface area contributed by atoms with E-state index < -0.39 is 0 Å². The number of hydrogen-bond donors (Lipinski definition) is 2. The van der Waals surface area contributed by atoms with Crippen LogP contribution in [-0.4, -0.2) is 60.6 Å². The summed E-state index contributed by atoms with van der Waals surface area (Å²) in [5, 5.41) is 12.8. The third-order valence-electron chi connectivity index (χ3n) is 3.38. The van der Waals surface area contributed by atoms with Crippen molar-refractivity contribution in [3.63, 3.8) is 0 Å². The van der Waals surface area contributed by atoms with E-state index in [0.717, 1.165) is 18.7 Å². The van der Waals surface area contributed by atoms with Crippen LogP contribution in [0.3, 0.4) is 0 Å². The number of carbonyl (C=O) groups is 1. The van der Waals surface area contributed by atoms with E-state index in [4.69, 9.17) is 0 Å². The molecule has 1 aliphatic rings. The van der Waals surface area contributed by atoms with Crippen LogP contribution in [0.1, 0.15) is 5.56 Å². The van der Waals surface area contributed by atoms with Crippen LogP contribution in [0.25, 0.3) is 0 Å². The molecule has 0 aliphatic carbocycles. The number of phenolic OH excluding ortho intramolecular Hbond substituents is 1. The van der Waals surface area contributed by atoms with Crippen LogP contribution in [0.2, 0.25) is 0 Å². The van der Waals surface area contributed by atoms with Crippen molar-refractivity contribution in [2.45, 2.75) is 12.6 Å². The summed E-state index contributed by atoms with van der Waals surface area (Å²) in [4.78, 5) is 16.0. The van der Waals surface area contributed by atoms with Crippen LogP contribution in [-0.2, 0) is 11.3 Å². The zero-order chi connectivity index (χ0) is 13.8. The van der Waals surface area contributed by atoms with E-state index in [1.807, 2.05) is 12.1 Å². The minimum absolute atomic E-state index is 0.118. The molecule has 1 atom stereocenters. The first-order chi connectivity index (χ1) is 9.08. The predicted molar refractivity (Wildman–Crippen MR) is 73.9 cm³/mol. The number of hydrogen-bond acceptors (Lipinski definition) is 4. The topological polar surface area (TPSA) is 55.8 Å². The van der Waals surface area contributed by atoms with Crippen LogP contribution >= 0.6 is 0 Å². The van der Waals surface area contributed by atoms with Crippen molar-refractivity contribution in [1.29, 1.82) is 0 Å². The Hall–Kier alpha value is -1.59. The second kappa shape index (κ2) is 6.04. The van der Waals surface area contributed by atoms with Crippen LogP contribution in [0, 0.1) is 0 Å². The lowest BCUT2D eigenvalue weighted by atomic mass is 10.1. The van der Waals surface area contributed by atoms with E-state index in [9.17, 15) is 9.90 Å². The van der Waals surface area contributed by atoms with Gasteiger partial charge in [0.25, 0.3) is 0 Å². The van der Waals surface area contributed by atoms with E-state index in [1.165, 1.54) is 0 Å². The Balaban J connectivity index is 2.09. The van der Waals surface area contributed by atoms with Gasteiger partial charge in [-0.2, -0.15) is 0 Å². The number of piperazine rings is 1. The highest BCUT2D eigenvalue weighted by Crippen LogP contribution is 2.16. The van der Waals surface area contributed by atoms with Crippen LogP contribution in [0.5, 0.6) is 5.75 Å². The van der Waals surface area contributed by atoms with Gasteiger partial charge in [-0.25, -0.2) is 0 Å². The maximum atomic E-state index is 12.2. The van der Waals surface area contributed by atoms with Crippen LogP contribution in [0.15, 0.2) is 24.3 Å². The fraction of sp³-hybridized carbons (Fsp3) is 0.500. The van der Waals surface area contributed by atoms with Crippen molar-refractivity contribution in [2.24, 2.45) is 0 Å². The van der Waals surface area contributed by atoms with Crippen LogP contribution < -0.4 is 5.32 Å². The number of nitrogens with one attached hydrogen (secondary N) is 1. The van der Waals surface area contributed by atoms with Gasteiger partial charge in [0.05, 0.1) is 0 Å². The zero-order valence-electron chi connectivity index (χ0n) is 11.5. The van der Waals surface area contributed by atoms with Crippen molar-refractivity contribution >= 4 is 5.91 Å². The highest BCUT2D eigenvalue weighted by Gasteiger charge is 2.29. The van der Waals surface area contributed by atoms with Crippen molar-refractivity contribution in [3.8, 4) is 5.75 Å². The average Bonchev–Trinajstić information content (AvgIpc) is 2.38. The maximum Gasteiger partial charge on any atom is 0.240 e. The second-order valence-electron chi connectivity index (χ2n) is 5.09. The molecule has 5 heteroatoms. The summed E-state index contributed by atoms with van der Waals surface area (Å²) in [6.45, 7) is 3.08. The number of rotatable bonds is 3. The summed E-state index contributed by atoms with van der Waals surface area (Å²) < 4.78 is 0. The Morgan fingerprint density at radius 1 is 1.53 bits per heavy atom. The molecule has 19 heavy (non-hydrogen) atoms. The van der Waals surface area contributed by atoms with Gasteiger partial charge in [-0.15, -0.1) is 0 Å². The molecular formula is C14H21N3O2. The van der Waals surface area contributed by atoms with Gasteiger partial charge in [0, 0.05) is 40.3 Å². The van der Waals surface area contributed by atoms with E-state index in [2.05, 4.69) is 10.2 Å². The largest absolute Gasteiger partial charge is 0.508 e. The molecule has 1 saturated heterocycles. The Bertz CT molecular complexity index is 448. The number of nitrogens with zero attached hydrogens (tertiary/aromatic N) is 2. The normalized spacial score (nSPS) is 20.2. The predicted octanol–water partition coefficient (Wildman–Crippen LogP) is 0.254. The SMILES string of the molecule is CN(C)C(=O)C1CNCCN1Cc1cccc(O)c1. The number of amides is 1. The van der Waals surface area contributed by atoms with E-state index in [0.29, 0.717) is 13.1 Å². The fourth-order valence-corrected chi connectivity index (χ4v) is 2.37. The molecule has 0 saturated carbocycles. The van der Waals surface area contributed by atoms with Gasteiger partial charge in [0.15, 0.2) is 0 Å². The lowest BCUT2D eigenvalue weighted by Crippen LogP contribution is -2.57. The third kappa shape index (κ3) is 3.45. The average molecular weight is 263 g/mol. The minimum Gasteiger partial charge on any atom is -0.508 e. The highest BCUT2D eigenvalue weighted by atomic mass is 16.3. The molecular weight excluding hydrogens is 242 g/mol. The summed E-state index contributed by atoms with van der Waals surface area (Å²) in [6, 6.07) is 7.07. The van der Waals surface area contributed by atoms with Gasteiger partial charge in [-0.05, 0) is 17.7 Å². The van der Waals surface area contributed by atoms with Gasteiger partial charge in [-0.1, -0.05) is 12.1 Å². The zero-order valence-corrected chi connectivity index (χ0v) is 11.5. The molecule has 2 N–H and O–H groups in total. The van der Waals surface area contributed by atoms with Crippen molar-refractivity contribution in [1.82, 2.24) is 15.1 Å². The Labute approximate surface area is 113 Å². The first-order valence-corrected chi connectivity index (χ1v) is 6.52. The van der Waals surface area contributed by atoms with Gasteiger partial charge in [-0.3, -0.25) is 9.69 Å². The summed E-state index contributed by atoms with van der Waals surface area (Å²) in [5.41, 5.74) is 1.03. The number of aromatic hydroxyl groups is 1. The fourth-order valence-electron chi connectivity index (χ4n) is 2.37. The molecule has 104 valence electrons. The third-order valence-corrected chi connectivity index (χ3v) is 3.38. The van der Waals surface area contributed by atoms with Crippen LogP contribution in [0.4, 0.5) is 0 Å². The molecule has 2 rings (SSSR count). The van der Waals surface area contributed by atoms with Gasteiger partial charge in [0.2, 0.25) is 5.91 Å². The smallest absolute Gasteiger partial charge is 0.240 e. The molecule has 1 fully saturated rings. The first-order valence-electron chi connectivity index (χ1n) is 6.52. The highest BCUT2D eigenvalue weighted by molar-refractivity contribution is 5.81. The van der Waals surface area contributed by atoms with Crippen molar-refractivity contribution in [3.05, 3.63) is 29.8 Å². The number of phenols is 1. The van der Waals surface area contributed by atoms with E-state index in [1.54, 1.807) is 31.1 Å². The molecule has 1 aliphatic heterocycles.